The Kier molecular flexibility index (Phi) is 15.0. The van der Waals surface area contributed by atoms with Crippen molar-refractivity contribution in [3.05, 3.63) is 138 Å². The number of nitrogens with zero attached hydrogens (tertiary/aromatic N) is 2. The SMILES string of the molecule is C=C(/C=C\C(=C/C)NC(=C)C(=N)c1cc(-c2cncc(Cc3ccccc3)c2)ccc1C)CN(CCC)CCC.CC. The Hall–Kier alpha value is -4.02. The van der Waals surface area contributed by atoms with Gasteiger partial charge in [-0.3, -0.25) is 15.3 Å². The molecule has 3 rings (SSSR count). The van der Waals surface area contributed by atoms with E-state index in [1.165, 1.54) is 5.56 Å². The number of aryl methyl sites for hydroxylation is 1. The van der Waals surface area contributed by atoms with Gasteiger partial charge in [0.25, 0.3) is 0 Å². The van der Waals surface area contributed by atoms with Crippen molar-refractivity contribution >= 4 is 5.71 Å². The maximum absolute atomic E-state index is 8.94. The lowest BCUT2D eigenvalue weighted by Crippen LogP contribution is -2.27. The topological polar surface area (TPSA) is 52.0 Å². The quantitative estimate of drug-likeness (QED) is 0.143. The molecule has 0 bridgehead atoms. The second-order valence-corrected chi connectivity index (χ2v) is 10.3. The van der Waals surface area contributed by atoms with Crippen LogP contribution in [0.1, 0.15) is 69.7 Å². The summed E-state index contributed by atoms with van der Waals surface area (Å²) >= 11 is 0. The summed E-state index contributed by atoms with van der Waals surface area (Å²) in [6, 6.07) is 18.8. The Bertz CT molecular complexity index is 1360. The Morgan fingerprint density at radius 1 is 0.905 bits per heavy atom. The van der Waals surface area contributed by atoms with E-state index in [2.05, 4.69) is 96.8 Å². The molecule has 222 valence electrons. The highest BCUT2D eigenvalue weighted by Gasteiger charge is 2.12. The monoisotopic (exact) mass is 562 g/mol. The fraction of sp³-hybridized carbons (Fsp3) is 0.316. The third kappa shape index (κ3) is 10.8. The van der Waals surface area contributed by atoms with Gasteiger partial charge in [-0.25, -0.2) is 0 Å². The molecule has 2 N–H and O–H groups in total. The van der Waals surface area contributed by atoms with Crippen molar-refractivity contribution in [1.29, 1.82) is 5.41 Å². The normalized spacial score (nSPS) is 11.3. The third-order valence-electron chi connectivity index (χ3n) is 6.80. The molecule has 42 heavy (non-hydrogen) atoms. The summed E-state index contributed by atoms with van der Waals surface area (Å²) in [5.41, 5.74) is 9.25. The lowest BCUT2D eigenvalue weighted by Gasteiger charge is -2.21. The van der Waals surface area contributed by atoms with E-state index in [-0.39, 0.29) is 0 Å². The van der Waals surface area contributed by atoms with Crippen molar-refractivity contribution in [3.63, 3.8) is 0 Å². The molecule has 4 nitrogen and oxygen atoms in total. The number of aromatic nitrogens is 1. The molecule has 0 spiro atoms. The van der Waals surface area contributed by atoms with Gasteiger partial charge in [0.15, 0.2) is 0 Å². The Morgan fingerprint density at radius 3 is 2.24 bits per heavy atom. The van der Waals surface area contributed by atoms with Gasteiger partial charge in [-0.15, -0.1) is 0 Å². The molecule has 1 heterocycles. The summed E-state index contributed by atoms with van der Waals surface area (Å²) in [7, 11) is 0. The minimum absolute atomic E-state index is 0.372. The second kappa shape index (κ2) is 18.4. The molecule has 0 amide bonds. The van der Waals surface area contributed by atoms with Crippen molar-refractivity contribution in [2.45, 2.75) is 60.8 Å². The van der Waals surface area contributed by atoms with Gasteiger partial charge in [-0.1, -0.05) is 95.5 Å². The van der Waals surface area contributed by atoms with Crippen molar-refractivity contribution in [3.8, 4) is 11.1 Å². The highest BCUT2D eigenvalue weighted by Crippen LogP contribution is 2.25. The molecule has 4 heteroatoms. The average Bonchev–Trinajstić information content (AvgIpc) is 3.01. The molecular weight excluding hydrogens is 512 g/mol. The van der Waals surface area contributed by atoms with E-state index in [1.807, 2.05) is 58.3 Å². The van der Waals surface area contributed by atoms with Crippen LogP contribution in [0, 0.1) is 12.3 Å². The molecule has 0 saturated heterocycles. The summed E-state index contributed by atoms with van der Waals surface area (Å²) in [4.78, 5) is 6.94. The fourth-order valence-corrected chi connectivity index (χ4v) is 4.70. The van der Waals surface area contributed by atoms with Crippen molar-refractivity contribution < 1.29 is 0 Å². The third-order valence-corrected chi connectivity index (χ3v) is 6.80. The molecule has 0 atom stereocenters. The summed E-state index contributed by atoms with van der Waals surface area (Å²) in [6.45, 7) is 23.9. The minimum atomic E-state index is 0.372. The van der Waals surface area contributed by atoms with Crippen molar-refractivity contribution in [1.82, 2.24) is 15.2 Å². The maximum atomic E-state index is 8.94. The lowest BCUT2D eigenvalue weighted by molar-refractivity contribution is 0.299. The van der Waals surface area contributed by atoms with E-state index in [1.54, 1.807) is 0 Å². The maximum Gasteiger partial charge on any atom is 0.0843 e. The molecule has 0 radical (unpaired) electrons. The Balaban J connectivity index is 0.00000301. The van der Waals surface area contributed by atoms with Crippen LogP contribution in [0.3, 0.4) is 0 Å². The largest absolute Gasteiger partial charge is 0.355 e. The van der Waals surface area contributed by atoms with E-state index >= 15 is 0 Å². The first kappa shape index (κ1) is 34.2. The van der Waals surface area contributed by atoms with Gasteiger partial charge in [0, 0.05) is 35.8 Å². The first-order valence-corrected chi connectivity index (χ1v) is 15.2. The molecule has 0 fully saturated rings. The Labute approximate surface area is 255 Å². The van der Waals surface area contributed by atoms with Gasteiger partial charge in [0.05, 0.1) is 11.4 Å². The first-order chi connectivity index (χ1) is 20.3. The fourth-order valence-electron chi connectivity index (χ4n) is 4.70. The summed E-state index contributed by atoms with van der Waals surface area (Å²) in [5.74, 6) is 0. The van der Waals surface area contributed by atoms with E-state index in [9.17, 15) is 0 Å². The highest BCUT2D eigenvalue weighted by molar-refractivity contribution is 6.11. The highest BCUT2D eigenvalue weighted by atomic mass is 15.1. The number of hydrogen-bond acceptors (Lipinski definition) is 4. The van der Waals surface area contributed by atoms with Gasteiger partial charge in [0.1, 0.15) is 0 Å². The number of allylic oxidation sites excluding steroid dienone is 3. The van der Waals surface area contributed by atoms with Crippen molar-refractivity contribution in [2.24, 2.45) is 0 Å². The van der Waals surface area contributed by atoms with Gasteiger partial charge < -0.3 is 5.32 Å². The zero-order valence-corrected chi connectivity index (χ0v) is 26.6. The predicted octanol–water partition coefficient (Wildman–Crippen LogP) is 9.28. The van der Waals surface area contributed by atoms with Crippen LogP contribution in [-0.4, -0.2) is 35.2 Å². The smallest absolute Gasteiger partial charge is 0.0843 e. The number of pyridine rings is 1. The summed E-state index contributed by atoms with van der Waals surface area (Å²) in [5, 5.41) is 12.3. The first-order valence-electron chi connectivity index (χ1n) is 15.2. The lowest BCUT2D eigenvalue weighted by atomic mass is 9.95. The van der Waals surface area contributed by atoms with Crippen LogP contribution in [0.25, 0.3) is 11.1 Å². The van der Waals surface area contributed by atoms with Gasteiger partial charge >= 0.3 is 0 Å². The standard InChI is InChI=1S/C36H44N4.C2H6/c1-7-19-40(20-8-2)26-27(4)15-18-34(9-3)39-29(6)36(37)35-23-32(17-16-28(35)5)33-22-31(24-38-25-33)21-30-13-11-10-12-14-30;1-2/h9-18,22-25,37,39H,4,6-8,19-21,26H2,1-3,5H3;1-2H3/b18-15-,34-9+,37-36?;. The molecule has 0 saturated carbocycles. The number of hydrogen-bond donors (Lipinski definition) is 2. The molecule has 0 unspecified atom stereocenters. The van der Waals surface area contributed by atoms with Crippen LogP contribution in [-0.2, 0) is 6.42 Å². The molecule has 2 aromatic carbocycles. The number of benzene rings is 2. The summed E-state index contributed by atoms with van der Waals surface area (Å²) in [6.07, 6.45) is 13.0. The minimum Gasteiger partial charge on any atom is -0.355 e. The van der Waals surface area contributed by atoms with Crippen LogP contribution in [0.15, 0.2) is 115 Å². The predicted molar refractivity (Wildman–Crippen MR) is 183 cm³/mol. The molecule has 0 aliphatic heterocycles. The van der Waals surface area contributed by atoms with Crippen LogP contribution >= 0.6 is 0 Å². The molecule has 1 aromatic heterocycles. The molecule has 0 aliphatic rings. The van der Waals surface area contributed by atoms with Crippen molar-refractivity contribution in [2.75, 3.05) is 19.6 Å². The van der Waals surface area contributed by atoms with Crippen LogP contribution in [0.4, 0.5) is 0 Å². The Morgan fingerprint density at radius 2 is 1.60 bits per heavy atom. The second-order valence-electron chi connectivity index (χ2n) is 10.3. The summed E-state index contributed by atoms with van der Waals surface area (Å²) < 4.78 is 0. The molecular formula is C38H50N4. The van der Waals surface area contributed by atoms with Gasteiger partial charge in [-0.2, -0.15) is 0 Å². The van der Waals surface area contributed by atoms with Crippen LogP contribution in [0.5, 0.6) is 0 Å². The average molecular weight is 563 g/mol. The molecule has 0 aliphatic carbocycles. The number of rotatable bonds is 15. The van der Waals surface area contributed by atoms with Gasteiger partial charge in [0.2, 0.25) is 0 Å². The van der Waals surface area contributed by atoms with Crippen LogP contribution in [0.2, 0.25) is 0 Å². The number of nitrogens with one attached hydrogen (secondary N) is 2. The van der Waals surface area contributed by atoms with E-state index in [0.717, 1.165) is 78.0 Å². The molecule has 3 aromatic rings. The van der Waals surface area contributed by atoms with Gasteiger partial charge in [-0.05, 0) is 92.2 Å². The zero-order valence-electron chi connectivity index (χ0n) is 26.6. The van der Waals surface area contributed by atoms with E-state index in [4.69, 9.17) is 5.41 Å². The zero-order chi connectivity index (χ0) is 30.9. The van der Waals surface area contributed by atoms with E-state index < -0.39 is 0 Å². The van der Waals surface area contributed by atoms with E-state index in [0.29, 0.717) is 11.4 Å². The van der Waals surface area contributed by atoms with Crippen LogP contribution < -0.4 is 5.32 Å².